The van der Waals surface area contributed by atoms with Crippen molar-refractivity contribution in [2.24, 2.45) is 5.92 Å². The molecule has 0 unspecified atom stereocenters. The molecule has 1 N–H and O–H groups in total. The molecule has 168 valence electrons. The van der Waals surface area contributed by atoms with Crippen molar-refractivity contribution in [3.8, 4) is 0 Å². The standard InChI is InChI=1S/C24H26N2O6/c1-3-31-23(28)20-17-11-12-26(24(29)32-14-15-7-5-4-6-8-15)21(17)18-13-16(22(27)30-2)9-10-19(18)25-20/h4-10,13,17,20-21,25H,3,11-12,14H2,1-2H3/t17-,20-,21-/m1/s1. The number of fused-ring (bicyclic) bond motifs is 3. The van der Waals surface area contributed by atoms with Crippen LogP contribution in [0.5, 0.6) is 0 Å². The van der Waals surface area contributed by atoms with Gasteiger partial charge in [-0.25, -0.2) is 14.4 Å². The maximum Gasteiger partial charge on any atom is 0.410 e. The molecule has 0 saturated carbocycles. The Labute approximate surface area is 186 Å². The van der Waals surface area contributed by atoms with E-state index in [-0.39, 0.29) is 25.1 Å². The van der Waals surface area contributed by atoms with Crippen LogP contribution in [0.25, 0.3) is 0 Å². The highest BCUT2D eigenvalue weighted by molar-refractivity contribution is 5.91. The molecule has 8 heteroatoms. The van der Waals surface area contributed by atoms with E-state index < -0.39 is 24.1 Å². The van der Waals surface area contributed by atoms with Gasteiger partial charge in [-0.2, -0.15) is 0 Å². The predicted molar refractivity (Wildman–Crippen MR) is 116 cm³/mol. The fourth-order valence-electron chi connectivity index (χ4n) is 4.49. The molecule has 2 aromatic rings. The van der Waals surface area contributed by atoms with Gasteiger partial charge in [-0.1, -0.05) is 30.3 Å². The molecule has 0 aromatic heterocycles. The van der Waals surface area contributed by atoms with Crippen molar-refractivity contribution < 1.29 is 28.6 Å². The van der Waals surface area contributed by atoms with Gasteiger partial charge < -0.3 is 24.4 Å². The molecule has 1 amide bonds. The number of hydrogen-bond donors (Lipinski definition) is 1. The van der Waals surface area contributed by atoms with Crippen molar-refractivity contribution in [2.75, 3.05) is 25.6 Å². The van der Waals surface area contributed by atoms with E-state index in [2.05, 4.69) is 5.32 Å². The Hall–Kier alpha value is -3.55. The van der Waals surface area contributed by atoms with Crippen LogP contribution in [0.3, 0.4) is 0 Å². The second-order valence-electron chi connectivity index (χ2n) is 7.80. The number of benzene rings is 2. The number of ether oxygens (including phenoxy) is 3. The van der Waals surface area contributed by atoms with Crippen LogP contribution in [0, 0.1) is 5.92 Å². The average molecular weight is 438 g/mol. The lowest BCUT2D eigenvalue weighted by Gasteiger charge is -2.38. The number of nitrogens with zero attached hydrogens (tertiary/aromatic N) is 1. The molecular weight excluding hydrogens is 412 g/mol. The molecule has 3 atom stereocenters. The van der Waals surface area contributed by atoms with Crippen LogP contribution in [-0.4, -0.2) is 49.2 Å². The molecule has 0 radical (unpaired) electrons. The number of carbonyl (C=O) groups excluding carboxylic acids is 3. The van der Waals surface area contributed by atoms with Crippen molar-refractivity contribution in [1.29, 1.82) is 0 Å². The van der Waals surface area contributed by atoms with Crippen LogP contribution >= 0.6 is 0 Å². The number of likely N-dealkylation sites (tertiary alicyclic amines) is 1. The molecule has 8 nitrogen and oxygen atoms in total. The minimum atomic E-state index is -0.594. The molecule has 2 aromatic carbocycles. The fraction of sp³-hybridized carbons (Fsp3) is 0.375. The van der Waals surface area contributed by atoms with Gasteiger partial charge in [0.1, 0.15) is 12.6 Å². The summed E-state index contributed by atoms with van der Waals surface area (Å²) >= 11 is 0. The predicted octanol–water partition coefficient (Wildman–Crippen LogP) is 3.53. The molecule has 2 aliphatic rings. The summed E-state index contributed by atoms with van der Waals surface area (Å²) < 4.78 is 15.7. The number of carbonyl (C=O) groups is 3. The van der Waals surface area contributed by atoms with E-state index in [9.17, 15) is 14.4 Å². The van der Waals surface area contributed by atoms with Gasteiger partial charge in [-0.15, -0.1) is 0 Å². The van der Waals surface area contributed by atoms with Gasteiger partial charge >= 0.3 is 18.0 Å². The molecule has 1 saturated heterocycles. The van der Waals surface area contributed by atoms with Crippen LogP contribution in [0.4, 0.5) is 10.5 Å². The first-order valence-electron chi connectivity index (χ1n) is 10.7. The Balaban J connectivity index is 1.64. The van der Waals surface area contributed by atoms with Gasteiger partial charge in [0, 0.05) is 18.2 Å². The normalized spacial score (nSPS) is 21.1. The maximum atomic E-state index is 13.0. The molecule has 2 aliphatic heterocycles. The first-order chi connectivity index (χ1) is 15.5. The second-order valence-corrected chi connectivity index (χ2v) is 7.80. The summed E-state index contributed by atoms with van der Waals surface area (Å²) in [5, 5.41) is 3.25. The summed E-state index contributed by atoms with van der Waals surface area (Å²) in [6, 6.07) is 13.5. The summed E-state index contributed by atoms with van der Waals surface area (Å²) in [7, 11) is 1.32. The van der Waals surface area contributed by atoms with Crippen LogP contribution < -0.4 is 5.32 Å². The van der Waals surface area contributed by atoms with Gasteiger partial charge in [0.25, 0.3) is 0 Å². The van der Waals surface area contributed by atoms with Crippen molar-refractivity contribution in [3.05, 3.63) is 65.2 Å². The molecule has 4 rings (SSSR count). The number of hydrogen-bond acceptors (Lipinski definition) is 7. The Kier molecular flexibility index (Phi) is 6.30. The van der Waals surface area contributed by atoms with Crippen LogP contribution in [0.1, 0.15) is 40.9 Å². The maximum absolute atomic E-state index is 13.0. The number of nitrogens with one attached hydrogen (secondary N) is 1. The van der Waals surface area contributed by atoms with E-state index in [0.29, 0.717) is 24.2 Å². The number of anilines is 1. The molecule has 0 bridgehead atoms. The summed E-state index contributed by atoms with van der Waals surface area (Å²) in [6.07, 6.45) is 0.143. The smallest absolute Gasteiger partial charge is 0.410 e. The van der Waals surface area contributed by atoms with Crippen molar-refractivity contribution in [2.45, 2.75) is 32.0 Å². The topological polar surface area (TPSA) is 94.2 Å². The lowest BCUT2D eigenvalue weighted by molar-refractivity contribution is -0.145. The van der Waals surface area contributed by atoms with Crippen molar-refractivity contribution in [1.82, 2.24) is 4.90 Å². The lowest BCUT2D eigenvalue weighted by atomic mass is 9.82. The third-order valence-corrected chi connectivity index (χ3v) is 5.96. The van der Waals surface area contributed by atoms with Gasteiger partial charge in [-0.3, -0.25) is 0 Å². The zero-order valence-corrected chi connectivity index (χ0v) is 18.1. The average Bonchev–Trinajstić information content (AvgIpc) is 3.27. The van der Waals surface area contributed by atoms with Gasteiger partial charge in [0.15, 0.2) is 0 Å². The molecule has 2 heterocycles. The number of methoxy groups -OCH3 is 1. The quantitative estimate of drug-likeness (QED) is 0.564. The summed E-state index contributed by atoms with van der Waals surface area (Å²) in [6.45, 7) is 2.62. The van der Waals surface area contributed by atoms with E-state index in [1.54, 1.807) is 30.0 Å². The van der Waals surface area contributed by atoms with Crippen molar-refractivity contribution in [3.63, 3.8) is 0 Å². The van der Waals surface area contributed by atoms with Gasteiger partial charge in [0.05, 0.1) is 25.3 Å². The summed E-state index contributed by atoms with van der Waals surface area (Å²) in [5.74, 6) is -1.03. The highest BCUT2D eigenvalue weighted by Crippen LogP contribution is 2.47. The summed E-state index contributed by atoms with van der Waals surface area (Å²) in [5.41, 5.74) is 2.71. The Bertz CT molecular complexity index is 1010. The first-order valence-corrected chi connectivity index (χ1v) is 10.7. The van der Waals surface area contributed by atoms with E-state index >= 15 is 0 Å². The Morgan fingerprint density at radius 3 is 2.59 bits per heavy atom. The summed E-state index contributed by atoms with van der Waals surface area (Å²) in [4.78, 5) is 39.4. The SMILES string of the molecule is CCOC(=O)[C@@H]1Nc2ccc(C(=O)OC)cc2[C@H]2[C@@H]1CCN2C(=O)OCc1ccccc1. The van der Waals surface area contributed by atoms with Gasteiger partial charge in [-0.05, 0) is 42.7 Å². The zero-order valence-electron chi connectivity index (χ0n) is 18.1. The number of esters is 2. The molecule has 32 heavy (non-hydrogen) atoms. The first kappa shape index (κ1) is 21.7. The lowest BCUT2D eigenvalue weighted by Crippen LogP contribution is -2.46. The minimum absolute atomic E-state index is 0.155. The third-order valence-electron chi connectivity index (χ3n) is 5.96. The van der Waals surface area contributed by atoms with Gasteiger partial charge in [0.2, 0.25) is 0 Å². The number of rotatable bonds is 5. The van der Waals surface area contributed by atoms with E-state index in [0.717, 1.165) is 11.1 Å². The van der Waals surface area contributed by atoms with E-state index in [1.807, 2.05) is 30.3 Å². The minimum Gasteiger partial charge on any atom is -0.465 e. The molecular formula is C24H26N2O6. The van der Waals surface area contributed by atoms with Crippen LogP contribution in [0.15, 0.2) is 48.5 Å². The molecule has 0 aliphatic carbocycles. The fourth-order valence-corrected chi connectivity index (χ4v) is 4.49. The monoisotopic (exact) mass is 438 g/mol. The van der Waals surface area contributed by atoms with E-state index in [4.69, 9.17) is 14.2 Å². The zero-order chi connectivity index (χ0) is 22.7. The highest BCUT2D eigenvalue weighted by atomic mass is 16.6. The Morgan fingerprint density at radius 1 is 1.09 bits per heavy atom. The van der Waals surface area contributed by atoms with Crippen LogP contribution in [-0.2, 0) is 25.6 Å². The van der Waals surface area contributed by atoms with Crippen LogP contribution in [0.2, 0.25) is 0 Å². The Morgan fingerprint density at radius 2 is 1.88 bits per heavy atom. The van der Waals surface area contributed by atoms with E-state index in [1.165, 1.54) is 7.11 Å². The second kappa shape index (κ2) is 9.30. The third kappa shape index (κ3) is 4.12. The highest BCUT2D eigenvalue weighted by Gasteiger charge is 2.49. The molecule has 1 fully saturated rings. The number of amides is 1. The molecule has 0 spiro atoms. The largest absolute Gasteiger partial charge is 0.465 e. The van der Waals surface area contributed by atoms with Crippen molar-refractivity contribution >= 4 is 23.7 Å².